The van der Waals surface area contributed by atoms with Gasteiger partial charge in [0.15, 0.2) is 0 Å². The number of thiophene rings is 1. The molecule has 5 rings (SSSR count). The predicted molar refractivity (Wildman–Crippen MR) is 108 cm³/mol. The Kier molecular flexibility index (Phi) is 3.86. The molecular weight excluding hydrogens is 358 g/mol. The molecule has 0 amide bonds. The van der Waals surface area contributed by atoms with Crippen molar-refractivity contribution in [3.63, 3.8) is 0 Å². The molecule has 0 saturated heterocycles. The van der Waals surface area contributed by atoms with Gasteiger partial charge in [-0.15, -0.1) is 11.3 Å². The van der Waals surface area contributed by atoms with Crippen molar-refractivity contribution in [2.75, 3.05) is 11.4 Å². The first-order chi connectivity index (χ1) is 13.2. The minimum Gasteiger partial charge on any atom is -0.464 e. The van der Waals surface area contributed by atoms with E-state index in [0.717, 1.165) is 29.8 Å². The average Bonchev–Trinajstić information content (AvgIpc) is 3.31. The number of anilines is 1. The second-order valence-corrected chi connectivity index (χ2v) is 7.83. The lowest BCUT2D eigenvalue weighted by molar-refractivity contribution is 0.583. The van der Waals surface area contributed by atoms with Crippen LogP contribution in [0.5, 0.6) is 0 Å². The Morgan fingerprint density at radius 2 is 2.26 bits per heavy atom. The molecule has 4 aromatic rings. The van der Waals surface area contributed by atoms with Crippen molar-refractivity contribution in [3.8, 4) is 11.3 Å². The van der Waals surface area contributed by atoms with Crippen molar-refractivity contribution < 1.29 is 4.42 Å². The molecule has 136 valence electrons. The van der Waals surface area contributed by atoms with Crippen molar-refractivity contribution in [2.24, 2.45) is 0 Å². The monoisotopic (exact) mass is 377 g/mol. The van der Waals surface area contributed by atoms with E-state index >= 15 is 0 Å². The molecule has 27 heavy (non-hydrogen) atoms. The van der Waals surface area contributed by atoms with Crippen LogP contribution < -0.4 is 10.5 Å². The summed E-state index contributed by atoms with van der Waals surface area (Å²) < 4.78 is 5.46. The highest BCUT2D eigenvalue weighted by Gasteiger charge is 2.19. The van der Waals surface area contributed by atoms with Crippen molar-refractivity contribution in [1.82, 2.24) is 9.97 Å². The SMILES string of the molecule is Cc1ccc2c(c1)CCCN2Cc1nc2scc(-c3ccco3)c2c(=O)[nH]1. The van der Waals surface area contributed by atoms with Gasteiger partial charge in [0.1, 0.15) is 16.4 Å². The highest BCUT2D eigenvalue weighted by Crippen LogP contribution is 2.32. The van der Waals surface area contributed by atoms with Crippen molar-refractivity contribution >= 4 is 27.2 Å². The van der Waals surface area contributed by atoms with Crippen LogP contribution in [-0.2, 0) is 13.0 Å². The van der Waals surface area contributed by atoms with Gasteiger partial charge in [-0.3, -0.25) is 4.79 Å². The number of H-pyrrole nitrogens is 1. The molecule has 0 bridgehead atoms. The summed E-state index contributed by atoms with van der Waals surface area (Å²) in [5.74, 6) is 1.40. The van der Waals surface area contributed by atoms with Crippen LogP contribution in [0.2, 0.25) is 0 Å². The molecule has 1 aromatic carbocycles. The molecule has 0 fully saturated rings. The number of nitrogens with zero attached hydrogens (tertiary/aromatic N) is 2. The van der Waals surface area contributed by atoms with Crippen molar-refractivity contribution in [3.05, 3.63) is 69.3 Å². The lowest BCUT2D eigenvalue weighted by atomic mass is 9.99. The summed E-state index contributed by atoms with van der Waals surface area (Å²) in [6, 6.07) is 10.3. The summed E-state index contributed by atoms with van der Waals surface area (Å²) in [4.78, 5) is 23.5. The number of fused-ring (bicyclic) bond motifs is 2. The number of hydrogen-bond donors (Lipinski definition) is 1. The Balaban J connectivity index is 1.52. The van der Waals surface area contributed by atoms with Gasteiger partial charge in [-0.05, 0) is 43.5 Å². The topological polar surface area (TPSA) is 62.1 Å². The highest BCUT2D eigenvalue weighted by atomic mass is 32.1. The maximum atomic E-state index is 12.8. The van der Waals surface area contributed by atoms with Gasteiger partial charge in [-0.25, -0.2) is 4.98 Å². The minimum atomic E-state index is -0.108. The fourth-order valence-corrected chi connectivity index (χ4v) is 4.78. The fraction of sp³-hybridized carbons (Fsp3) is 0.238. The predicted octanol–water partition coefficient (Wildman–Crippen LogP) is 4.51. The van der Waals surface area contributed by atoms with Gasteiger partial charge >= 0.3 is 0 Å². The zero-order valence-corrected chi connectivity index (χ0v) is 15.8. The molecule has 1 aliphatic heterocycles. The van der Waals surface area contributed by atoms with Crippen LogP contribution in [0, 0.1) is 6.92 Å². The summed E-state index contributed by atoms with van der Waals surface area (Å²) in [6.45, 7) is 3.70. The van der Waals surface area contributed by atoms with Crippen molar-refractivity contribution in [1.29, 1.82) is 0 Å². The van der Waals surface area contributed by atoms with Gasteiger partial charge in [0.05, 0.1) is 18.2 Å². The second kappa shape index (κ2) is 6.39. The third-order valence-corrected chi connectivity index (χ3v) is 5.94. The zero-order chi connectivity index (χ0) is 18.4. The van der Waals surface area contributed by atoms with Gasteiger partial charge in [0.25, 0.3) is 5.56 Å². The van der Waals surface area contributed by atoms with Crippen LogP contribution in [-0.4, -0.2) is 16.5 Å². The molecule has 6 heteroatoms. The third kappa shape index (κ3) is 2.86. The fourth-order valence-electron chi connectivity index (χ4n) is 3.83. The lowest BCUT2D eigenvalue weighted by Gasteiger charge is -2.31. The van der Waals surface area contributed by atoms with Crippen LogP contribution in [0.25, 0.3) is 21.5 Å². The number of hydrogen-bond acceptors (Lipinski definition) is 5. The minimum absolute atomic E-state index is 0.108. The highest BCUT2D eigenvalue weighted by molar-refractivity contribution is 7.17. The van der Waals surface area contributed by atoms with Gasteiger partial charge in [-0.1, -0.05) is 17.7 Å². The number of aromatic amines is 1. The first-order valence-electron chi connectivity index (χ1n) is 9.08. The van der Waals surface area contributed by atoms with E-state index < -0.39 is 0 Å². The Bertz CT molecular complexity index is 1170. The molecular formula is C21H19N3O2S. The Labute approximate surface area is 160 Å². The van der Waals surface area contributed by atoms with E-state index in [0.29, 0.717) is 23.5 Å². The number of rotatable bonds is 3. The summed E-state index contributed by atoms with van der Waals surface area (Å²) in [6.07, 6.45) is 3.84. The van der Waals surface area contributed by atoms with E-state index in [-0.39, 0.29) is 5.56 Å². The molecule has 1 aliphatic rings. The van der Waals surface area contributed by atoms with E-state index in [2.05, 4.69) is 35.0 Å². The largest absolute Gasteiger partial charge is 0.464 e. The quantitative estimate of drug-likeness (QED) is 0.571. The van der Waals surface area contributed by atoms with E-state index in [1.54, 1.807) is 6.26 Å². The van der Waals surface area contributed by atoms with Crippen LogP contribution in [0.15, 0.2) is 51.2 Å². The van der Waals surface area contributed by atoms with Gasteiger partial charge < -0.3 is 14.3 Å². The zero-order valence-electron chi connectivity index (χ0n) is 15.0. The molecule has 0 saturated carbocycles. The van der Waals surface area contributed by atoms with Crippen LogP contribution in [0.3, 0.4) is 0 Å². The Morgan fingerprint density at radius 1 is 1.33 bits per heavy atom. The normalized spacial score (nSPS) is 13.9. The summed E-state index contributed by atoms with van der Waals surface area (Å²) in [7, 11) is 0. The maximum absolute atomic E-state index is 12.8. The lowest BCUT2D eigenvalue weighted by Crippen LogP contribution is -2.30. The van der Waals surface area contributed by atoms with Crippen LogP contribution in [0.4, 0.5) is 5.69 Å². The average molecular weight is 377 g/mol. The Hall–Kier alpha value is -2.86. The molecule has 0 spiro atoms. The maximum Gasteiger partial charge on any atom is 0.260 e. The third-order valence-electron chi connectivity index (χ3n) is 5.07. The molecule has 4 heterocycles. The standard InChI is InChI=1S/C21H19N3O2S/c1-13-6-7-16-14(10-13)4-2-8-24(16)11-18-22-20(25)19-15(12-27-21(19)23-18)17-5-3-9-26-17/h3,5-7,9-10,12H,2,4,8,11H2,1H3,(H,22,23,25). The number of aryl methyl sites for hydroxylation is 2. The molecule has 0 aliphatic carbocycles. The number of furan rings is 1. The van der Waals surface area contributed by atoms with Crippen LogP contribution >= 0.6 is 11.3 Å². The van der Waals surface area contributed by atoms with E-state index in [1.807, 2.05) is 17.5 Å². The van der Waals surface area contributed by atoms with Gasteiger partial charge in [0.2, 0.25) is 0 Å². The second-order valence-electron chi connectivity index (χ2n) is 6.98. The summed E-state index contributed by atoms with van der Waals surface area (Å²) >= 11 is 1.48. The first-order valence-corrected chi connectivity index (χ1v) is 9.96. The number of nitrogens with one attached hydrogen (secondary N) is 1. The summed E-state index contributed by atoms with van der Waals surface area (Å²) in [5, 5.41) is 2.54. The smallest absolute Gasteiger partial charge is 0.260 e. The van der Waals surface area contributed by atoms with E-state index in [4.69, 9.17) is 9.40 Å². The van der Waals surface area contributed by atoms with E-state index in [9.17, 15) is 4.79 Å². The van der Waals surface area contributed by atoms with Gasteiger partial charge in [-0.2, -0.15) is 0 Å². The molecule has 3 aromatic heterocycles. The Morgan fingerprint density at radius 3 is 3.11 bits per heavy atom. The summed E-state index contributed by atoms with van der Waals surface area (Å²) in [5.41, 5.74) is 4.61. The number of aromatic nitrogens is 2. The molecule has 0 atom stereocenters. The molecule has 0 radical (unpaired) electrons. The van der Waals surface area contributed by atoms with Crippen molar-refractivity contribution in [2.45, 2.75) is 26.3 Å². The van der Waals surface area contributed by atoms with Crippen LogP contribution in [0.1, 0.15) is 23.4 Å². The first kappa shape index (κ1) is 16.3. The molecule has 0 unspecified atom stereocenters. The molecule has 1 N–H and O–H groups in total. The van der Waals surface area contributed by atoms with E-state index in [1.165, 1.54) is 28.2 Å². The number of benzene rings is 1. The van der Waals surface area contributed by atoms with Gasteiger partial charge in [0, 0.05) is 23.2 Å². The molecule has 5 nitrogen and oxygen atoms in total.